The van der Waals surface area contributed by atoms with Crippen molar-refractivity contribution in [1.29, 1.82) is 0 Å². The fourth-order valence-corrected chi connectivity index (χ4v) is 1.94. The van der Waals surface area contributed by atoms with Crippen molar-refractivity contribution in [2.45, 2.75) is 33.1 Å². The first kappa shape index (κ1) is 15.5. The summed E-state index contributed by atoms with van der Waals surface area (Å²) in [4.78, 5) is 8.83. The molecule has 0 aliphatic rings. The summed E-state index contributed by atoms with van der Waals surface area (Å²) < 4.78 is 5.54. The molecule has 0 saturated carbocycles. The lowest BCUT2D eigenvalue weighted by atomic mass is 10.3. The molecule has 0 amide bonds. The van der Waals surface area contributed by atoms with Crippen LogP contribution < -0.4 is 10.6 Å². The fraction of sp³-hybridized carbons (Fsp3) is 0.643. The molecule has 2 rings (SSSR count). The molecule has 0 spiro atoms. The van der Waals surface area contributed by atoms with Crippen molar-refractivity contribution >= 4 is 22.8 Å². The molecule has 21 heavy (non-hydrogen) atoms. The Morgan fingerprint density at radius 2 is 2.00 bits per heavy atom. The summed E-state index contributed by atoms with van der Waals surface area (Å²) in [6.07, 6.45) is 4.99. The van der Waals surface area contributed by atoms with Crippen molar-refractivity contribution in [3.63, 3.8) is 0 Å². The Kier molecular flexibility index (Phi) is 6.21. The van der Waals surface area contributed by atoms with Gasteiger partial charge in [0.15, 0.2) is 5.65 Å². The third-order valence-corrected chi connectivity index (χ3v) is 3.04. The average Bonchev–Trinajstić information content (AvgIpc) is 2.95. The number of unbranched alkanes of at least 4 members (excludes halogenated alkanes) is 1. The zero-order chi connectivity index (χ0) is 14.9. The van der Waals surface area contributed by atoms with Crippen molar-refractivity contribution in [2.24, 2.45) is 0 Å². The van der Waals surface area contributed by atoms with E-state index >= 15 is 0 Å². The quantitative estimate of drug-likeness (QED) is 0.583. The van der Waals surface area contributed by atoms with Crippen LogP contribution in [-0.4, -0.2) is 46.5 Å². The van der Waals surface area contributed by atoms with E-state index in [1.54, 1.807) is 6.20 Å². The van der Waals surface area contributed by atoms with E-state index in [1.807, 2.05) is 6.92 Å². The Balaban J connectivity index is 1.87. The molecule has 0 aromatic carbocycles. The van der Waals surface area contributed by atoms with E-state index in [9.17, 15) is 0 Å². The Labute approximate surface area is 124 Å². The lowest BCUT2D eigenvalue weighted by Crippen LogP contribution is -2.10. The summed E-state index contributed by atoms with van der Waals surface area (Å²) >= 11 is 0. The molecule has 7 nitrogen and oxygen atoms in total. The highest BCUT2D eigenvalue weighted by Crippen LogP contribution is 2.19. The second-order valence-corrected chi connectivity index (χ2v) is 4.80. The van der Waals surface area contributed by atoms with Crippen LogP contribution >= 0.6 is 0 Å². The lowest BCUT2D eigenvalue weighted by molar-refractivity contribution is 0.131. The molecule has 3 N–H and O–H groups in total. The first-order chi connectivity index (χ1) is 10.3. The van der Waals surface area contributed by atoms with E-state index in [1.165, 1.54) is 6.42 Å². The molecule has 116 valence electrons. The topological polar surface area (TPSA) is 87.8 Å². The van der Waals surface area contributed by atoms with Crippen molar-refractivity contribution in [2.75, 3.05) is 36.9 Å². The summed E-state index contributed by atoms with van der Waals surface area (Å²) in [5.74, 6) is 1.41. The fourth-order valence-electron chi connectivity index (χ4n) is 1.94. The first-order valence-corrected chi connectivity index (χ1v) is 7.61. The van der Waals surface area contributed by atoms with Crippen LogP contribution in [0.15, 0.2) is 6.20 Å². The number of fused-ring (bicyclic) bond motifs is 1. The Morgan fingerprint density at radius 3 is 2.81 bits per heavy atom. The van der Waals surface area contributed by atoms with Gasteiger partial charge in [-0.15, -0.1) is 0 Å². The molecule has 0 bridgehead atoms. The van der Waals surface area contributed by atoms with Gasteiger partial charge >= 0.3 is 0 Å². The Morgan fingerprint density at radius 1 is 1.14 bits per heavy atom. The SMILES string of the molecule is CCCCOCCCNc1nc(NCC)nc2[nH]ncc12. The molecule has 0 unspecified atom stereocenters. The van der Waals surface area contributed by atoms with Gasteiger partial charge in [0.25, 0.3) is 0 Å². The molecule has 0 atom stereocenters. The van der Waals surface area contributed by atoms with E-state index in [-0.39, 0.29) is 0 Å². The number of hydrogen-bond donors (Lipinski definition) is 3. The standard InChI is InChI=1S/C14H24N6O/c1-3-5-8-21-9-6-7-16-12-11-10-17-20-13(11)19-14(18-12)15-4-2/h10H,3-9H2,1-2H3,(H3,15,16,17,18,19,20). The molecular formula is C14H24N6O. The highest BCUT2D eigenvalue weighted by molar-refractivity contribution is 5.86. The first-order valence-electron chi connectivity index (χ1n) is 7.61. The smallest absolute Gasteiger partial charge is 0.226 e. The van der Waals surface area contributed by atoms with Gasteiger partial charge in [0.2, 0.25) is 5.95 Å². The maximum Gasteiger partial charge on any atom is 0.226 e. The van der Waals surface area contributed by atoms with Crippen LogP contribution in [0.5, 0.6) is 0 Å². The average molecular weight is 292 g/mol. The number of hydrogen-bond acceptors (Lipinski definition) is 6. The summed E-state index contributed by atoms with van der Waals surface area (Å²) in [5.41, 5.74) is 0.739. The van der Waals surface area contributed by atoms with E-state index < -0.39 is 0 Å². The zero-order valence-electron chi connectivity index (χ0n) is 12.8. The van der Waals surface area contributed by atoms with Gasteiger partial charge in [0.1, 0.15) is 5.82 Å². The molecule has 2 aromatic rings. The molecule has 0 fully saturated rings. The summed E-state index contributed by atoms with van der Waals surface area (Å²) in [7, 11) is 0. The molecule has 0 radical (unpaired) electrons. The van der Waals surface area contributed by atoms with Crippen molar-refractivity contribution in [1.82, 2.24) is 20.2 Å². The van der Waals surface area contributed by atoms with Crippen molar-refractivity contribution < 1.29 is 4.74 Å². The van der Waals surface area contributed by atoms with E-state index in [4.69, 9.17) is 4.74 Å². The maximum absolute atomic E-state index is 5.54. The molecule has 2 heterocycles. The van der Waals surface area contributed by atoms with Crippen LogP contribution in [0.4, 0.5) is 11.8 Å². The number of anilines is 2. The van der Waals surface area contributed by atoms with E-state index in [0.29, 0.717) is 5.95 Å². The molecule has 0 saturated heterocycles. The number of nitrogens with zero attached hydrogens (tertiary/aromatic N) is 3. The van der Waals surface area contributed by atoms with E-state index in [2.05, 4.69) is 37.7 Å². The molecular weight excluding hydrogens is 268 g/mol. The van der Waals surface area contributed by atoms with Crippen LogP contribution in [-0.2, 0) is 4.74 Å². The molecule has 7 heteroatoms. The van der Waals surface area contributed by atoms with Gasteiger partial charge < -0.3 is 15.4 Å². The summed E-state index contributed by atoms with van der Waals surface area (Å²) in [5, 5.41) is 14.3. The molecule has 0 aliphatic heterocycles. The van der Waals surface area contributed by atoms with Crippen LogP contribution in [0.2, 0.25) is 0 Å². The number of nitrogens with one attached hydrogen (secondary N) is 3. The number of aromatic nitrogens is 4. The monoisotopic (exact) mass is 292 g/mol. The normalized spacial score (nSPS) is 11.0. The third kappa shape index (κ3) is 4.56. The Hall–Kier alpha value is -1.89. The highest BCUT2D eigenvalue weighted by atomic mass is 16.5. The van der Waals surface area contributed by atoms with Gasteiger partial charge in [0.05, 0.1) is 11.6 Å². The maximum atomic E-state index is 5.54. The third-order valence-electron chi connectivity index (χ3n) is 3.04. The highest BCUT2D eigenvalue weighted by Gasteiger charge is 2.08. The minimum Gasteiger partial charge on any atom is -0.381 e. The van der Waals surface area contributed by atoms with Crippen molar-refractivity contribution in [3.05, 3.63) is 6.20 Å². The summed E-state index contributed by atoms with van der Waals surface area (Å²) in [6.45, 7) is 7.39. The van der Waals surface area contributed by atoms with Crippen LogP contribution in [0, 0.1) is 0 Å². The predicted octanol–water partition coefficient (Wildman–Crippen LogP) is 2.40. The summed E-state index contributed by atoms with van der Waals surface area (Å²) in [6, 6.07) is 0. The number of aromatic amines is 1. The number of ether oxygens (including phenoxy) is 1. The zero-order valence-corrected chi connectivity index (χ0v) is 12.8. The van der Waals surface area contributed by atoms with Crippen LogP contribution in [0.3, 0.4) is 0 Å². The largest absolute Gasteiger partial charge is 0.381 e. The second kappa shape index (κ2) is 8.41. The lowest BCUT2D eigenvalue weighted by Gasteiger charge is -2.09. The van der Waals surface area contributed by atoms with Crippen LogP contribution in [0.1, 0.15) is 33.1 Å². The van der Waals surface area contributed by atoms with E-state index in [0.717, 1.165) is 56.0 Å². The van der Waals surface area contributed by atoms with Gasteiger partial charge in [-0.25, -0.2) is 0 Å². The number of H-pyrrole nitrogens is 1. The van der Waals surface area contributed by atoms with Gasteiger partial charge in [-0.05, 0) is 19.8 Å². The van der Waals surface area contributed by atoms with Crippen molar-refractivity contribution in [3.8, 4) is 0 Å². The number of rotatable bonds is 10. The predicted molar refractivity (Wildman–Crippen MR) is 84.7 cm³/mol. The van der Waals surface area contributed by atoms with Gasteiger partial charge in [-0.1, -0.05) is 13.3 Å². The van der Waals surface area contributed by atoms with Gasteiger partial charge in [-0.2, -0.15) is 15.1 Å². The van der Waals surface area contributed by atoms with Crippen LogP contribution in [0.25, 0.3) is 11.0 Å². The van der Waals surface area contributed by atoms with Gasteiger partial charge in [0, 0.05) is 26.3 Å². The van der Waals surface area contributed by atoms with Gasteiger partial charge in [-0.3, -0.25) is 5.10 Å². The second-order valence-electron chi connectivity index (χ2n) is 4.80. The minimum absolute atomic E-state index is 0.607. The molecule has 0 aliphatic carbocycles. The minimum atomic E-state index is 0.607. The molecule has 2 aromatic heterocycles. The Bertz CT molecular complexity index is 541.